The Balaban J connectivity index is 1.33. The van der Waals surface area contributed by atoms with Crippen LogP contribution in [-0.4, -0.2) is 38.1 Å². The highest BCUT2D eigenvalue weighted by Crippen LogP contribution is 2.30. The van der Waals surface area contributed by atoms with E-state index in [1.165, 1.54) is 17.5 Å². The SMILES string of the molecule is O=C(CSc1nc2ccccc2c(=O)[nH]1)N1CCc2[nH]c3ccc(Cl)cc3c2C1. The van der Waals surface area contributed by atoms with E-state index in [1.807, 2.05) is 29.2 Å². The largest absolute Gasteiger partial charge is 0.358 e. The lowest BCUT2D eigenvalue weighted by atomic mass is 10.0. The highest BCUT2D eigenvalue weighted by Gasteiger charge is 2.24. The summed E-state index contributed by atoms with van der Waals surface area (Å²) in [6.07, 6.45) is 0.781. The minimum atomic E-state index is -0.191. The fourth-order valence-corrected chi connectivity index (χ4v) is 4.70. The van der Waals surface area contributed by atoms with E-state index in [4.69, 9.17) is 11.6 Å². The van der Waals surface area contributed by atoms with Crippen LogP contribution in [-0.2, 0) is 17.8 Å². The predicted molar refractivity (Wildman–Crippen MR) is 116 cm³/mol. The van der Waals surface area contributed by atoms with Gasteiger partial charge in [-0.3, -0.25) is 9.59 Å². The molecule has 1 amide bonds. The lowest BCUT2D eigenvalue weighted by Crippen LogP contribution is -2.37. The van der Waals surface area contributed by atoms with Crippen LogP contribution in [0.4, 0.5) is 0 Å². The van der Waals surface area contributed by atoms with Crippen molar-refractivity contribution < 1.29 is 4.79 Å². The number of halogens is 1. The summed E-state index contributed by atoms with van der Waals surface area (Å²) in [5, 5.41) is 2.76. The molecule has 4 aromatic rings. The molecule has 0 aliphatic carbocycles. The molecule has 1 aliphatic heterocycles. The minimum absolute atomic E-state index is 0.0211. The average Bonchev–Trinajstić information content (AvgIpc) is 3.09. The molecule has 0 spiro atoms. The molecule has 0 atom stereocenters. The highest BCUT2D eigenvalue weighted by molar-refractivity contribution is 7.99. The Bertz CT molecular complexity index is 1310. The molecule has 0 saturated heterocycles. The number of hydrogen-bond acceptors (Lipinski definition) is 4. The lowest BCUT2D eigenvalue weighted by Gasteiger charge is -2.27. The Labute approximate surface area is 175 Å². The molecular weight excluding hydrogens is 408 g/mol. The number of nitrogens with zero attached hydrogens (tertiary/aromatic N) is 2. The molecule has 0 radical (unpaired) electrons. The summed E-state index contributed by atoms with van der Waals surface area (Å²) in [7, 11) is 0. The normalized spacial score (nSPS) is 13.8. The first-order valence-electron chi connectivity index (χ1n) is 9.27. The number of amides is 1. The van der Waals surface area contributed by atoms with Crippen LogP contribution in [0.25, 0.3) is 21.8 Å². The maximum absolute atomic E-state index is 12.8. The van der Waals surface area contributed by atoms with Crippen molar-refractivity contribution in [2.45, 2.75) is 18.1 Å². The van der Waals surface area contributed by atoms with E-state index in [0.29, 0.717) is 34.2 Å². The monoisotopic (exact) mass is 424 g/mol. The Hall–Kier alpha value is -2.77. The Kier molecular flexibility index (Phi) is 4.56. The van der Waals surface area contributed by atoms with Gasteiger partial charge in [0, 0.05) is 46.7 Å². The Morgan fingerprint density at radius 2 is 2.03 bits per heavy atom. The quantitative estimate of drug-likeness (QED) is 0.388. The predicted octanol–water partition coefficient (Wildman–Crippen LogP) is 3.73. The van der Waals surface area contributed by atoms with Gasteiger partial charge in [-0.2, -0.15) is 0 Å². The standard InChI is InChI=1S/C21H17ClN4O2S/c22-12-5-6-17-14(9-12)15-10-26(8-7-18(15)23-17)19(27)11-29-21-24-16-4-2-1-3-13(16)20(28)25-21/h1-6,9,23H,7-8,10-11H2,(H,24,25,28). The molecule has 6 nitrogen and oxygen atoms in total. The summed E-state index contributed by atoms with van der Waals surface area (Å²) in [4.78, 5) is 37.5. The second-order valence-corrected chi connectivity index (χ2v) is 8.41. The van der Waals surface area contributed by atoms with E-state index in [9.17, 15) is 9.59 Å². The van der Waals surface area contributed by atoms with Crippen molar-refractivity contribution in [2.75, 3.05) is 12.3 Å². The topological polar surface area (TPSA) is 81.8 Å². The molecule has 0 saturated carbocycles. The van der Waals surface area contributed by atoms with Gasteiger partial charge in [-0.25, -0.2) is 4.98 Å². The fourth-order valence-electron chi connectivity index (χ4n) is 3.75. The summed E-state index contributed by atoms with van der Waals surface area (Å²) in [6, 6.07) is 13.0. The summed E-state index contributed by atoms with van der Waals surface area (Å²) >= 11 is 7.41. The van der Waals surface area contributed by atoms with Crippen LogP contribution in [0, 0.1) is 0 Å². The number of fused-ring (bicyclic) bond motifs is 4. The molecule has 2 N–H and O–H groups in total. The molecule has 29 heavy (non-hydrogen) atoms. The smallest absolute Gasteiger partial charge is 0.259 e. The number of hydrogen-bond donors (Lipinski definition) is 2. The molecular formula is C21H17ClN4O2S. The first-order chi connectivity index (χ1) is 14.1. The lowest BCUT2D eigenvalue weighted by molar-refractivity contribution is -0.129. The number of benzene rings is 2. The van der Waals surface area contributed by atoms with Gasteiger partial charge in [0.25, 0.3) is 5.56 Å². The average molecular weight is 425 g/mol. The number of para-hydroxylation sites is 1. The van der Waals surface area contributed by atoms with Gasteiger partial charge in [0.2, 0.25) is 5.91 Å². The number of carbonyl (C=O) groups excluding carboxylic acids is 1. The summed E-state index contributed by atoms with van der Waals surface area (Å²) in [5.74, 6) is 0.243. The van der Waals surface area contributed by atoms with Crippen molar-refractivity contribution in [3.8, 4) is 0 Å². The second kappa shape index (κ2) is 7.24. The van der Waals surface area contributed by atoms with Gasteiger partial charge in [-0.15, -0.1) is 0 Å². The number of nitrogens with one attached hydrogen (secondary N) is 2. The number of carbonyl (C=O) groups is 1. The molecule has 0 bridgehead atoms. The van der Waals surface area contributed by atoms with Crippen molar-refractivity contribution in [2.24, 2.45) is 0 Å². The number of aromatic amines is 2. The highest BCUT2D eigenvalue weighted by atomic mass is 35.5. The van der Waals surface area contributed by atoms with E-state index in [2.05, 4.69) is 15.0 Å². The number of aromatic nitrogens is 3. The maximum Gasteiger partial charge on any atom is 0.259 e. The van der Waals surface area contributed by atoms with Crippen LogP contribution < -0.4 is 5.56 Å². The van der Waals surface area contributed by atoms with Gasteiger partial charge in [-0.05, 0) is 30.3 Å². The van der Waals surface area contributed by atoms with Crippen LogP contribution in [0.5, 0.6) is 0 Å². The molecule has 5 rings (SSSR count). The van der Waals surface area contributed by atoms with E-state index in [0.717, 1.165) is 22.9 Å². The summed E-state index contributed by atoms with van der Waals surface area (Å²) in [6.45, 7) is 1.21. The van der Waals surface area contributed by atoms with Crippen LogP contribution in [0.2, 0.25) is 5.02 Å². The molecule has 0 unspecified atom stereocenters. The van der Waals surface area contributed by atoms with E-state index >= 15 is 0 Å². The third-order valence-corrected chi connectivity index (χ3v) is 6.31. The van der Waals surface area contributed by atoms with E-state index in [-0.39, 0.29) is 17.2 Å². The molecule has 0 fully saturated rings. The fraction of sp³-hybridized carbons (Fsp3) is 0.190. The zero-order chi connectivity index (χ0) is 20.0. The first kappa shape index (κ1) is 18.3. The second-order valence-electron chi connectivity index (χ2n) is 7.01. The molecule has 146 valence electrons. The van der Waals surface area contributed by atoms with Crippen LogP contribution in [0.15, 0.2) is 52.4 Å². The van der Waals surface area contributed by atoms with Gasteiger partial charge < -0.3 is 14.9 Å². The first-order valence-corrected chi connectivity index (χ1v) is 10.6. The molecule has 3 heterocycles. The van der Waals surface area contributed by atoms with Gasteiger partial charge in [0.1, 0.15) is 0 Å². The summed E-state index contributed by atoms with van der Waals surface area (Å²) in [5.41, 5.74) is 3.78. The Morgan fingerprint density at radius 3 is 2.93 bits per heavy atom. The molecule has 2 aromatic carbocycles. The third-order valence-electron chi connectivity index (χ3n) is 5.21. The number of H-pyrrole nitrogens is 2. The zero-order valence-electron chi connectivity index (χ0n) is 15.4. The zero-order valence-corrected chi connectivity index (χ0v) is 16.9. The van der Waals surface area contributed by atoms with Gasteiger partial charge in [0.05, 0.1) is 16.7 Å². The number of thioether (sulfide) groups is 1. The maximum atomic E-state index is 12.8. The van der Waals surface area contributed by atoms with E-state index in [1.54, 1.807) is 18.2 Å². The third kappa shape index (κ3) is 3.41. The van der Waals surface area contributed by atoms with Crippen molar-refractivity contribution in [1.29, 1.82) is 0 Å². The molecule has 8 heteroatoms. The van der Waals surface area contributed by atoms with Gasteiger partial charge in [0.15, 0.2) is 5.16 Å². The Morgan fingerprint density at radius 1 is 1.17 bits per heavy atom. The molecule has 1 aliphatic rings. The molecule has 2 aromatic heterocycles. The minimum Gasteiger partial charge on any atom is -0.358 e. The van der Waals surface area contributed by atoms with Crippen molar-refractivity contribution in [1.82, 2.24) is 19.9 Å². The van der Waals surface area contributed by atoms with E-state index < -0.39 is 0 Å². The number of rotatable bonds is 3. The van der Waals surface area contributed by atoms with Crippen molar-refractivity contribution in [3.63, 3.8) is 0 Å². The van der Waals surface area contributed by atoms with Crippen molar-refractivity contribution in [3.05, 3.63) is 69.1 Å². The summed E-state index contributed by atoms with van der Waals surface area (Å²) < 4.78 is 0. The van der Waals surface area contributed by atoms with Crippen LogP contribution in [0.3, 0.4) is 0 Å². The van der Waals surface area contributed by atoms with Gasteiger partial charge in [-0.1, -0.05) is 35.5 Å². The van der Waals surface area contributed by atoms with Gasteiger partial charge >= 0.3 is 0 Å². The van der Waals surface area contributed by atoms with Crippen molar-refractivity contribution >= 4 is 51.1 Å². The van der Waals surface area contributed by atoms with Crippen LogP contribution in [0.1, 0.15) is 11.3 Å². The van der Waals surface area contributed by atoms with Crippen LogP contribution >= 0.6 is 23.4 Å².